The van der Waals surface area contributed by atoms with E-state index < -0.39 is 12.1 Å². The number of hydrogen-bond acceptors (Lipinski definition) is 2. The van der Waals surface area contributed by atoms with Gasteiger partial charge in [-0.2, -0.15) is 0 Å². The van der Waals surface area contributed by atoms with Crippen molar-refractivity contribution in [3.05, 3.63) is 81.9 Å². The zero-order valence-corrected chi connectivity index (χ0v) is 21.9. The summed E-state index contributed by atoms with van der Waals surface area (Å²) in [5.74, 6) is 0.430. The molecule has 1 aliphatic carbocycles. The highest BCUT2D eigenvalue weighted by Gasteiger charge is 2.60. The van der Waals surface area contributed by atoms with Crippen LogP contribution in [0.25, 0.3) is 0 Å². The summed E-state index contributed by atoms with van der Waals surface area (Å²) in [7, 11) is 0. The first kappa shape index (κ1) is 21.6. The van der Waals surface area contributed by atoms with Gasteiger partial charge in [-0.05, 0) is 48.3 Å². The van der Waals surface area contributed by atoms with Gasteiger partial charge in [-0.25, -0.2) is 0 Å². The molecule has 2 bridgehead atoms. The molecule has 4 aliphatic rings. The lowest BCUT2D eigenvalue weighted by Gasteiger charge is -2.59. The minimum absolute atomic E-state index is 0.207. The van der Waals surface area contributed by atoms with Crippen molar-refractivity contribution < 1.29 is 0 Å². The van der Waals surface area contributed by atoms with Crippen molar-refractivity contribution in [2.45, 2.75) is 25.2 Å². The Labute approximate surface area is 199 Å². The van der Waals surface area contributed by atoms with E-state index in [1.165, 1.54) is 21.8 Å². The average molecular weight is 509 g/mol. The molecule has 0 N–H and O–H groups in total. The molecule has 0 aromatic heterocycles. The van der Waals surface area contributed by atoms with E-state index in [4.69, 9.17) is 46.8 Å². The topological polar surface area (TPSA) is 0 Å². The van der Waals surface area contributed by atoms with Crippen molar-refractivity contribution in [1.82, 2.24) is 0 Å². The SMILES string of the molecule is CC1=C(Cl)[C@H]2[C@H]([C@@H]3CP(=S)(c4ccccc4)[C@H]2C(C)=C3Cl)P(=S)(c2ccccc2)C1. The average Bonchev–Trinajstić information content (AvgIpc) is 2.76. The minimum Gasteiger partial charge on any atom is -0.0919 e. The minimum atomic E-state index is -1.90. The molecular formula is C24H24Cl2P2S2. The summed E-state index contributed by atoms with van der Waals surface area (Å²) < 4.78 is 0. The molecule has 2 aromatic carbocycles. The van der Waals surface area contributed by atoms with Gasteiger partial charge in [0.15, 0.2) is 0 Å². The molecule has 2 unspecified atom stereocenters. The van der Waals surface area contributed by atoms with Crippen LogP contribution in [0.4, 0.5) is 0 Å². The monoisotopic (exact) mass is 508 g/mol. The largest absolute Gasteiger partial charge is 0.0919 e. The Balaban J connectivity index is 1.76. The van der Waals surface area contributed by atoms with Crippen LogP contribution in [0.15, 0.2) is 81.9 Å². The van der Waals surface area contributed by atoms with Crippen molar-refractivity contribution in [2.75, 3.05) is 12.3 Å². The van der Waals surface area contributed by atoms with E-state index in [1.807, 2.05) is 0 Å². The van der Waals surface area contributed by atoms with Crippen LogP contribution in [0.2, 0.25) is 0 Å². The Bertz CT molecular complexity index is 1170. The maximum atomic E-state index is 7.13. The Morgan fingerprint density at radius 3 is 1.90 bits per heavy atom. The van der Waals surface area contributed by atoms with Crippen molar-refractivity contribution in [3.63, 3.8) is 0 Å². The van der Waals surface area contributed by atoms with Crippen LogP contribution in [-0.2, 0) is 23.6 Å². The summed E-state index contributed by atoms with van der Waals surface area (Å²) >= 11 is 27.4. The lowest BCUT2D eigenvalue weighted by Crippen LogP contribution is -2.53. The van der Waals surface area contributed by atoms with Gasteiger partial charge in [0.1, 0.15) is 0 Å². The highest BCUT2D eigenvalue weighted by molar-refractivity contribution is 8.20. The summed E-state index contributed by atoms with van der Waals surface area (Å²) in [6.07, 6.45) is 1.88. The summed E-state index contributed by atoms with van der Waals surface area (Å²) in [5, 5.41) is 4.67. The van der Waals surface area contributed by atoms with Gasteiger partial charge in [0.25, 0.3) is 0 Å². The first-order valence-corrected chi connectivity index (χ1v) is 17.2. The second kappa shape index (κ2) is 7.69. The Hall–Kier alpha value is -0.200. The zero-order valence-electron chi connectivity index (χ0n) is 17.0. The molecule has 30 heavy (non-hydrogen) atoms. The van der Waals surface area contributed by atoms with Crippen LogP contribution in [0, 0.1) is 11.8 Å². The fourth-order valence-electron chi connectivity index (χ4n) is 6.00. The van der Waals surface area contributed by atoms with E-state index in [0.29, 0.717) is 5.66 Å². The number of halogens is 2. The summed E-state index contributed by atoms with van der Waals surface area (Å²) in [6.45, 7) is 4.37. The first-order valence-electron chi connectivity index (χ1n) is 10.3. The molecule has 0 spiro atoms. The van der Waals surface area contributed by atoms with Gasteiger partial charge in [-0.1, -0.05) is 113 Å². The smallest absolute Gasteiger partial charge is 0.0225 e. The second-order valence-electron chi connectivity index (χ2n) is 8.83. The second-order valence-corrected chi connectivity index (χ2v) is 19.6. The van der Waals surface area contributed by atoms with Crippen molar-refractivity contribution in [1.29, 1.82) is 0 Å². The standard InChI is InChI=1S/C24H24Cl2P2S2/c1-15-13-27(29,17-9-5-3-6-10-17)24-19-14-28(30,18-11-7-4-8-12-18)23(16(2)22(19)26)20(24)21(15)25/h3-12,19-20,23-24H,13-14H2,1-2H3/t19-,20-,23+,24+,27?,28?/m1/s1. The molecule has 156 valence electrons. The quantitative estimate of drug-likeness (QED) is 0.417. The van der Waals surface area contributed by atoms with Gasteiger partial charge in [0.2, 0.25) is 0 Å². The molecule has 6 rings (SSSR count). The molecular weight excluding hydrogens is 485 g/mol. The molecule has 6 heteroatoms. The summed E-state index contributed by atoms with van der Waals surface area (Å²) in [6, 6.07) is 17.7. The van der Waals surface area contributed by atoms with E-state index in [2.05, 4.69) is 74.5 Å². The third kappa shape index (κ3) is 2.98. The van der Waals surface area contributed by atoms with Gasteiger partial charge in [0.05, 0.1) is 0 Å². The lowest BCUT2D eigenvalue weighted by atomic mass is 9.80. The Morgan fingerprint density at radius 1 is 0.800 bits per heavy atom. The normalized spacial score (nSPS) is 38.0. The van der Waals surface area contributed by atoms with E-state index in [1.54, 1.807) is 0 Å². The van der Waals surface area contributed by atoms with E-state index in [9.17, 15) is 0 Å². The van der Waals surface area contributed by atoms with E-state index >= 15 is 0 Å². The molecule has 1 fully saturated rings. The van der Waals surface area contributed by atoms with Gasteiger partial charge in [0, 0.05) is 39.4 Å². The fourth-order valence-corrected chi connectivity index (χ4v) is 19.0. The molecule has 0 nitrogen and oxygen atoms in total. The van der Waals surface area contributed by atoms with Crippen molar-refractivity contribution >= 4 is 69.5 Å². The molecule has 6 atom stereocenters. The Kier molecular flexibility index (Phi) is 5.55. The fraction of sp³-hybridized carbons (Fsp3) is 0.333. The van der Waals surface area contributed by atoms with Crippen molar-refractivity contribution in [2.24, 2.45) is 11.8 Å². The first-order chi connectivity index (χ1) is 14.3. The highest BCUT2D eigenvalue weighted by Crippen LogP contribution is 2.76. The highest BCUT2D eigenvalue weighted by atomic mass is 35.5. The van der Waals surface area contributed by atoms with Gasteiger partial charge in [-0.3, -0.25) is 0 Å². The lowest BCUT2D eigenvalue weighted by molar-refractivity contribution is 0.450. The molecule has 3 aliphatic heterocycles. The number of allylic oxidation sites excluding steroid dienone is 4. The molecule has 0 amide bonds. The van der Waals surface area contributed by atoms with Crippen LogP contribution in [0.1, 0.15) is 13.8 Å². The number of benzene rings is 2. The van der Waals surface area contributed by atoms with Crippen LogP contribution >= 0.6 is 35.3 Å². The van der Waals surface area contributed by atoms with E-state index in [-0.39, 0.29) is 17.5 Å². The predicted molar refractivity (Wildman–Crippen MR) is 142 cm³/mol. The van der Waals surface area contributed by atoms with Crippen LogP contribution < -0.4 is 10.6 Å². The van der Waals surface area contributed by atoms with Gasteiger partial charge < -0.3 is 0 Å². The van der Waals surface area contributed by atoms with Crippen LogP contribution in [-0.4, -0.2) is 23.6 Å². The maximum Gasteiger partial charge on any atom is 0.0225 e. The predicted octanol–water partition coefficient (Wildman–Crippen LogP) is 6.63. The maximum absolute atomic E-state index is 7.13. The number of fused-ring (bicyclic) bond motifs is 1. The van der Waals surface area contributed by atoms with Crippen molar-refractivity contribution in [3.8, 4) is 0 Å². The number of hydrogen-bond donors (Lipinski definition) is 0. The van der Waals surface area contributed by atoms with Gasteiger partial charge >= 0.3 is 0 Å². The molecule has 3 heterocycles. The third-order valence-corrected chi connectivity index (χ3v) is 19.4. The molecule has 0 saturated carbocycles. The zero-order chi connectivity index (χ0) is 21.3. The number of rotatable bonds is 2. The Morgan fingerprint density at radius 2 is 1.33 bits per heavy atom. The molecule has 2 aromatic rings. The van der Waals surface area contributed by atoms with Gasteiger partial charge in [-0.15, -0.1) is 0 Å². The van der Waals surface area contributed by atoms with Crippen LogP contribution in [0.3, 0.4) is 0 Å². The summed E-state index contributed by atoms with van der Waals surface area (Å²) in [5.41, 5.74) is 3.05. The molecule has 1 saturated heterocycles. The van der Waals surface area contributed by atoms with E-state index in [0.717, 1.165) is 22.4 Å². The molecule has 0 radical (unpaired) electrons. The third-order valence-electron chi connectivity index (χ3n) is 7.22. The summed E-state index contributed by atoms with van der Waals surface area (Å²) in [4.78, 5) is 0. The van der Waals surface area contributed by atoms with Crippen LogP contribution in [0.5, 0.6) is 0 Å².